The average molecular weight is 316 g/mol. The van der Waals surface area contributed by atoms with Gasteiger partial charge in [0.05, 0.1) is 11.0 Å². The molecule has 1 aromatic heterocycles. The first kappa shape index (κ1) is 13.2. The standard InChI is InChI=1S/C11H14BrN3O3/c1-8-7-14(3-2-4-18-8)11-10(15(16)17)5-9(12)6-13-11/h5-6,8H,2-4,7H2,1H3. The molecular weight excluding hydrogens is 302 g/mol. The zero-order chi connectivity index (χ0) is 13.1. The number of aromatic nitrogens is 1. The minimum Gasteiger partial charge on any atom is -0.377 e. The van der Waals surface area contributed by atoms with Crippen molar-refractivity contribution in [3.05, 3.63) is 26.9 Å². The second kappa shape index (κ2) is 5.62. The van der Waals surface area contributed by atoms with E-state index in [2.05, 4.69) is 20.9 Å². The first-order valence-electron chi connectivity index (χ1n) is 5.74. The summed E-state index contributed by atoms with van der Waals surface area (Å²) < 4.78 is 6.14. The third-order valence-corrected chi connectivity index (χ3v) is 3.20. The minimum atomic E-state index is -0.399. The van der Waals surface area contributed by atoms with Gasteiger partial charge in [-0.15, -0.1) is 0 Å². The van der Waals surface area contributed by atoms with Crippen molar-refractivity contribution in [1.82, 2.24) is 4.98 Å². The Labute approximate surface area is 113 Å². The first-order chi connectivity index (χ1) is 8.58. The SMILES string of the molecule is CC1CN(c2ncc(Br)cc2[N+](=O)[O-])CCCO1. The van der Waals surface area contributed by atoms with Crippen LogP contribution in [-0.4, -0.2) is 35.7 Å². The van der Waals surface area contributed by atoms with E-state index in [0.29, 0.717) is 23.4 Å². The van der Waals surface area contributed by atoms with Crippen molar-refractivity contribution >= 4 is 27.4 Å². The van der Waals surface area contributed by atoms with Crippen LogP contribution < -0.4 is 4.90 Å². The van der Waals surface area contributed by atoms with Crippen LogP contribution in [0.2, 0.25) is 0 Å². The molecular formula is C11H14BrN3O3. The third-order valence-electron chi connectivity index (χ3n) is 2.76. The lowest BCUT2D eigenvalue weighted by molar-refractivity contribution is -0.384. The number of rotatable bonds is 2. The van der Waals surface area contributed by atoms with Gasteiger partial charge in [0.1, 0.15) is 0 Å². The highest BCUT2D eigenvalue weighted by Gasteiger charge is 2.24. The summed E-state index contributed by atoms with van der Waals surface area (Å²) in [6.07, 6.45) is 2.48. The average Bonchev–Trinajstić information content (AvgIpc) is 2.53. The van der Waals surface area contributed by atoms with E-state index in [1.165, 1.54) is 6.07 Å². The zero-order valence-electron chi connectivity index (χ0n) is 10.0. The Hall–Kier alpha value is -1.21. The smallest absolute Gasteiger partial charge is 0.312 e. The van der Waals surface area contributed by atoms with E-state index in [4.69, 9.17) is 4.74 Å². The Bertz CT molecular complexity index is 455. The van der Waals surface area contributed by atoms with Gasteiger partial charge < -0.3 is 9.64 Å². The van der Waals surface area contributed by atoms with E-state index < -0.39 is 4.92 Å². The Balaban J connectivity index is 2.33. The van der Waals surface area contributed by atoms with Gasteiger partial charge in [-0.3, -0.25) is 10.1 Å². The molecule has 1 aliphatic rings. The summed E-state index contributed by atoms with van der Waals surface area (Å²) in [6.45, 7) is 3.99. The van der Waals surface area contributed by atoms with Gasteiger partial charge in [-0.1, -0.05) is 0 Å². The zero-order valence-corrected chi connectivity index (χ0v) is 11.6. The van der Waals surface area contributed by atoms with E-state index in [0.717, 1.165) is 13.0 Å². The fourth-order valence-corrected chi connectivity index (χ4v) is 2.31. The van der Waals surface area contributed by atoms with Crippen molar-refractivity contribution in [2.45, 2.75) is 19.4 Å². The van der Waals surface area contributed by atoms with Crippen molar-refractivity contribution in [3.63, 3.8) is 0 Å². The van der Waals surface area contributed by atoms with Crippen LogP contribution in [0.4, 0.5) is 11.5 Å². The van der Waals surface area contributed by atoms with Gasteiger partial charge in [0, 0.05) is 36.4 Å². The summed E-state index contributed by atoms with van der Waals surface area (Å²) in [5, 5.41) is 11.1. The molecule has 98 valence electrons. The Morgan fingerprint density at radius 1 is 1.67 bits per heavy atom. The molecule has 0 bridgehead atoms. The number of nitrogens with zero attached hydrogens (tertiary/aromatic N) is 3. The molecule has 1 saturated heterocycles. The second-order valence-corrected chi connectivity index (χ2v) is 5.15. The summed E-state index contributed by atoms with van der Waals surface area (Å²) in [5.41, 5.74) is 0.0264. The van der Waals surface area contributed by atoms with Gasteiger partial charge in [-0.2, -0.15) is 0 Å². The lowest BCUT2D eigenvalue weighted by atomic mass is 10.3. The predicted octanol–water partition coefficient (Wildman–Crippen LogP) is 2.37. The highest BCUT2D eigenvalue weighted by Crippen LogP contribution is 2.29. The number of ether oxygens (including phenoxy) is 1. The maximum Gasteiger partial charge on any atom is 0.312 e. The van der Waals surface area contributed by atoms with Gasteiger partial charge in [0.25, 0.3) is 0 Å². The maximum absolute atomic E-state index is 11.1. The van der Waals surface area contributed by atoms with E-state index in [1.54, 1.807) is 6.20 Å². The molecule has 7 heteroatoms. The van der Waals surface area contributed by atoms with Crippen molar-refractivity contribution in [3.8, 4) is 0 Å². The van der Waals surface area contributed by atoms with Crippen LogP contribution >= 0.6 is 15.9 Å². The molecule has 1 aromatic rings. The fourth-order valence-electron chi connectivity index (χ4n) is 1.99. The van der Waals surface area contributed by atoms with Crippen molar-refractivity contribution in [2.75, 3.05) is 24.6 Å². The number of halogens is 1. The van der Waals surface area contributed by atoms with Crippen molar-refractivity contribution < 1.29 is 9.66 Å². The molecule has 0 amide bonds. The van der Waals surface area contributed by atoms with Crippen LogP contribution in [0.15, 0.2) is 16.7 Å². The van der Waals surface area contributed by atoms with E-state index >= 15 is 0 Å². The molecule has 18 heavy (non-hydrogen) atoms. The van der Waals surface area contributed by atoms with Gasteiger partial charge in [0.15, 0.2) is 0 Å². The fraction of sp³-hybridized carbons (Fsp3) is 0.545. The number of nitro groups is 1. The summed E-state index contributed by atoms with van der Waals surface area (Å²) >= 11 is 3.21. The summed E-state index contributed by atoms with van der Waals surface area (Å²) in [5.74, 6) is 0.417. The van der Waals surface area contributed by atoms with Crippen LogP contribution in [0.25, 0.3) is 0 Å². The lowest BCUT2D eigenvalue weighted by Crippen LogP contribution is -2.31. The maximum atomic E-state index is 11.1. The minimum absolute atomic E-state index is 0.0264. The highest BCUT2D eigenvalue weighted by molar-refractivity contribution is 9.10. The summed E-state index contributed by atoms with van der Waals surface area (Å²) in [4.78, 5) is 16.8. The molecule has 0 radical (unpaired) electrons. The number of hydrogen-bond acceptors (Lipinski definition) is 5. The summed E-state index contributed by atoms with van der Waals surface area (Å²) in [7, 11) is 0. The van der Waals surface area contributed by atoms with E-state index in [-0.39, 0.29) is 11.8 Å². The monoisotopic (exact) mass is 315 g/mol. The van der Waals surface area contributed by atoms with Crippen molar-refractivity contribution in [1.29, 1.82) is 0 Å². The van der Waals surface area contributed by atoms with E-state index in [1.807, 2.05) is 11.8 Å². The number of anilines is 1. The molecule has 2 heterocycles. The third kappa shape index (κ3) is 2.97. The molecule has 1 unspecified atom stereocenters. The molecule has 1 fully saturated rings. The molecule has 0 spiro atoms. The highest BCUT2D eigenvalue weighted by atomic mass is 79.9. The predicted molar refractivity (Wildman–Crippen MR) is 70.8 cm³/mol. The molecule has 6 nitrogen and oxygen atoms in total. The normalized spacial score (nSPS) is 20.6. The molecule has 0 N–H and O–H groups in total. The molecule has 0 aliphatic carbocycles. The second-order valence-electron chi connectivity index (χ2n) is 4.23. The van der Waals surface area contributed by atoms with Crippen LogP contribution in [0.3, 0.4) is 0 Å². The molecule has 1 aliphatic heterocycles. The lowest BCUT2D eigenvalue weighted by Gasteiger charge is -2.22. The molecule has 1 atom stereocenters. The van der Waals surface area contributed by atoms with E-state index in [9.17, 15) is 10.1 Å². The van der Waals surface area contributed by atoms with Gasteiger partial charge in [-0.05, 0) is 29.3 Å². The largest absolute Gasteiger partial charge is 0.377 e. The van der Waals surface area contributed by atoms with Crippen LogP contribution in [0.1, 0.15) is 13.3 Å². The quantitative estimate of drug-likeness (QED) is 0.619. The first-order valence-corrected chi connectivity index (χ1v) is 6.53. The molecule has 2 rings (SSSR count). The number of pyridine rings is 1. The van der Waals surface area contributed by atoms with Gasteiger partial charge >= 0.3 is 5.69 Å². The summed E-state index contributed by atoms with van der Waals surface area (Å²) in [6, 6.07) is 1.48. The van der Waals surface area contributed by atoms with Gasteiger partial charge in [0.2, 0.25) is 5.82 Å². The van der Waals surface area contributed by atoms with Crippen LogP contribution in [0, 0.1) is 10.1 Å². The van der Waals surface area contributed by atoms with Gasteiger partial charge in [-0.25, -0.2) is 4.98 Å². The Morgan fingerprint density at radius 3 is 3.17 bits per heavy atom. The van der Waals surface area contributed by atoms with Crippen molar-refractivity contribution in [2.24, 2.45) is 0 Å². The van der Waals surface area contributed by atoms with Crippen LogP contribution in [0.5, 0.6) is 0 Å². The Kier molecular flexibility index (Phi) is 4.13. The van der Waals surface area contributed by atoms with Crippen LogP contribution in [-0.2, 0) is 4.74 Å². The Morgan fingerprint density at radius 2 is 2.44 bits per heavy atom. The molecule has 0 aromatic carbocycles. The topological polar surface area (TPSA) is 68.5 Å². The number of hydrogen-bond donors (Lipinski definition) is 0. The molecule has 0 saturated carbocycles.